The van der Waals surface area contributed by atoms with Gasteiger partial charge >= 0.3 is 0 Å². The molecule has 0 fully saturated rings. The molecular formula is C19H27N3O2. The van der Waals surface area contributed by atoms with E-state index in [0.717, 1.165) is 42.2 Å². The molecule has 2 rings (SSSR count). The molecule has 2 aromatic heterocycles. The monoisotopic (exact) mass is 329 g/mol. The van der Waals surface area contributed by atoms with Crippen molar-refractivity contribution in [3.8, 4) is 0 Å². The number of hydrogen-bond donors (Lipinski definition) is 1. The summed E-state index contributed by atoms with van der Waals surface area (Å²) in [5, 5.41) is 2.96. The lowest BCUT2D eigenvalue weighted by atomic mass is 9.97. The molecule has 0 aliphatic carbocycles. The zero-order valence-corrected chi connectivity index (χ0v) is 15.1. The van der Waals surface area contributed by atoms with Crippen molar-refractivity contribution < 1.29 is 9.21 Å². The van der Waals surface area contributed by atoms with Gasteiger partial charge in [-0.25, -0.2) is 4.98 Å². The van der Waals surface area contributed by atoms with E-state index in [4.69, 9.17) is 4.42 Å². The molecule has 2 aromatic rings. The summed E-state index contributed by atoms with van der Waals surface area (Å²) in [4.78, 5) is 20.3. The minimum atomic E-state index is -0.0792. The van der Waals surface area contributed by atoms with Crippen LogP contribution in [-0.4, -0.2) is 22.4 Å². The van der Waals surface area contributed by atoms with Crippen LogP contribution in [0.2, 0.25) is 0 Å². The number of rotatable bonds is 7. The van der Waals surface area contributed by atoms with Gasteiger partial charge in [-0.15, -0.1) is 0 Å². The van der Waals surface area contributed by atoms with Gasteiger partial charge in [0.2, 0.25) is 5.91 Å². The van der Waals surface area contributed by atoms with E-state index in [-0.39, 0.29) is 11.3 Å². The Morgan fingerprint density at radius 3 is 2.54 bits per heavy atom. The molecule has 1 N–H and O–H groups in total. The normalized spacial score (nSPS) is 11.5. The van der Waals surface area contributed by atoms with Crippen molar-refractivity contribution >= 4 is 5.91 Å². The maximum Gasteiger partial charge on any atom is 0.220 e. The molecule has 0 aliphatic rings. The Hall–Kier alpha value is -2.17. The summed E-state index contributed by atoms with van der Waals surface area (Å²) >= 11 is 0. The van der Waals surface area contributed by atoms with Gasteiger partial charge in [0.15, 0.2) is 5.89 Å². The van der Waals surface area contributed by atoms with Gasteiger partial charge in [-0.3, -0.25) is 9.78 Å². The molecule has 0 aliphatic heterocycles. The summed E-state index contributed by atoms with van der Waals surface area (Å²) in [5.74, 6) is 1.78. The third kappa shape index (κ3) is 5.48. The minimum Gasteiger partial charge on any atom is -0.445 e. The summed E-state index contributed by atoms with van der Waals surface area (Å²) in [5.41, 5.74) is 2.00. The molecule has 0 spiro atoms. The zero-order chi connectivity index (χ0) is 17.6. The van der Waals surface area contributed by atoms with Crippen molar-refractivity contribution in [3.63, 3.8) is 0 Å². The van der Waals surface area contributed by atoms with Crippen LogP contribution in [0, 0.1) is 6.92 Å². The van der Waals surface area contributed by atoms with Crippen molar-refractivity contribution in [1.29, 1.82) is 0 Å². The fourth-order valence-electron chi connectivity index (χ4n) is 2.35. The number of nitrogens with one attached hydrogen (secondary N) is 1. The first kappa shape index (κ1) is 18.2. The summed E-state index contributed by atoms with van der Waals surface area (Å²) in [6, 6.07) is 3.87. The van der Waals surface area contributed by atoms with E-state index in [1.165, 1.54) is 0 Å². The highest BCUT2D eigenvalue weighted by Crippen LogP contribution is 2.24. The molecule has 5 heteroatoms. The number of hydrogen-bond acceptors (Lipinski definition) is 4. The van der Waals surface area contributed by atoms with E-state index < -0.39 is 0 Å². The lowest BCUT2D eigenvalue weighted by molar-refractivity contribution is -0.121. The standard InChI is InChI=1S/C19H27N3O2/c1-14-16(24-18(22-14)19(2,3)4)6-5-11-21-17(23)8-7-15-9-12-20-13-10-15/h9-10,12-13H,5-8,11H2,1-4H3,(H,21,23). The fourth-order valence-corrected chi connectivity index (χ4v) is 2.35. The van der Waals surface area contributed by atoms with Crippen LogP contribution in [0.1, 0.15) is 56.5 Å². The van der Waals surface area contributed by atoms with E-state index in [0.29, 0.717) is 13.0 Å². The van der Waals surface area contributed by atoms with Crippen LogP contribution >= 0.6 is 0 Å². The van der Waals surface area contributed by atoms with Crippen molar-refractivity contribution in [2.45, 2.75) is 58.8 Å². The first-order chi connectivity index (χ1) is 11.4. The van der Waals surface area contributed by atoms with Crippen molar-refractivity contribution in [1.82, 2.24) is 15.3 Å². The van der Waals surface area contributed by atoms with Gasteiger partial charge < -0.3 is 9.73 Å². The summed E-state index contributed by atoms with van der Waals surface area (Å²) < 4.78 is 5.86. The van der Waals surface area contributed by atoms with Gasteiger partial charge in [-0.05, 0) is 37.5 Å². The Kier molecular flexibility index (Phi) is 6.12. The topological polar surface area (TPSA) is 68.0 Å². The Morgan fingerprint density at radius 1 is 1.21 bits per heavy atom. The van der Waals surface area contributed by atoms with Crippen LogP contribution in [0.3, 0.4) is 0 Å². The van der Waals surface area contributed by atoms with Gasteiger partial charge in [0.05, 0.1) is 5.69 Å². The molecule has 0 aromatic carbocycles. The van der Waals surface area contributed by atoms with E-state index in [1.54, 1.807) is 12.4 Å². The first-order valence-electron chi connectivity index (χ1n) is 8.48. The molecule has 0 saturated carbocycles. The van der Waals surface area contributed by atoms with Gasteiger partial charge in [-0.1, -0.05) is 20.8 Å². The van der Waals surface area contributed by atoms with Crippen LogP contribution in [-0.2, 0) is 23.1 Å². The second kappa shape index (κ2) is 8.08. The lowest BCUT2D eigenvalue weighted by Crippen LogP contribution is -2.25. The molecule has 5 nitrogen and oxygen atoms in total. The van der Waals surface area contributed by atoms with Crippen molar-refractivity contribution in [2.75, 3.05) is 6.54 Å². The maximum atomic E-state index is 11.9. The average Bonchev–Trinajstić information content (AvgIpc) is 2.92. The number of nitrogens with zero attached hydrogens (tertiary/aromatic N) is 2. The zero-order valence-electron chi connectivity index (χ0n) is 15.1. The third-order valence-electron chi connectivity index (χ3n) is 3.83. The Morgan fingerprint density at radius 2 is 1.92 bits per heavy atom. The van der Waals surface area contributed by atoms with E-state index in [1.807, 2.05) is 19.1 Å². The van der Waals surface area contributed by atoms with Crippen LogP contribution < -0.4 is 5.32 Å². The molecule has 0 bridgehead atoms. The molecular weight excluding hydrogens is 302 g/mol. The Bertz CT molecular complexity index is 657. The molecule has 2 heterocycles. The number of aryl methyl sites for hydroxylation is 3. The number of amides is 1. The second-order valence-corrected chi connectivity index (χ2v) is 7.09. The molecule has 24 heavy (non-hydrogen) atoms. The molecule has 0 atom stereocenters. The van der Waals surface area contributed by atoms with Crippen LogP contribution in [0.5, 0.6) is 0 Å². The third-order valence-corrected chi connectivity index (χ3v) is 3.83. The minimum absolute atomic E-state index is 0.0792. The Labute approximate surface area is 143 Å². The lowest BCUT2D eigenvalue weighted by Gasteiger charge is -2.12. The van der Waals surface area contributed by atoms with Gasteiger partial charge in [-0.2, -0.15) is 0 Å². The number of aromatic nitrogens is 2. The van der Waals surface area contributed by atoms with E-state index in [9.17, 15) is 4.79 Å². The smallest absolute Gasteiger partial charge is 0.220 e. The predicted octanol–water partition coefficient (Wildman–Crippen LogP) is 3.36. The SMILES string of the molecule is Cc1nc(C(C)(C)C)oc1CCCNC(=O)CCc1ccncc1. The Balaban J connectivity index is 1.69. The highest BCUT2D eigenvalue weighted by molar-refractivity contribution is 5.76. The van der Waals surface area contributed by atoms with Crippen LogP contribution in [0.4, 0.5) is 0 Å². The summed E-state index contributed by atoms with van der Waals surface area (Å²) in [7, 11) is 0. The first-order valence-corrected chi connectivity index (χ1v) is 8.48. The summed E-state index contributed by atoms with van der Waals surface area (Å²) in [6.45, 7) is 8.89. The quantitative estimate of drug-likeness (QED) is 0.791. The van der Waals surface area contributed by atoms with Crippen molar-refractivity contribution in [3.05, 3.63) is 47.4 Å². The van der Waals surface area contributed by atoms with Crippen LogP contribution in [0.25, 0.3) is 0 Å². The van der Waals surface area contributed by atoms with E-state index >= 15 is 0 Å². The summed E-state index contributed by atoms with van der Waals surface area (Å²) in [6.07, 6.45) is 6.38. The fraction of sp³-hybridized carbons (Fsp3) is 0.526. The van der Waals surface area contributed by atoms with Crippen molar-refractivity contribution in [2.24, 2.45) is 0 Å². The highest BCUT2D eigenvalue weighted by atomic mass is 16.4. The largest absolute Gasteiger partial charge is 0.445 e. The molecule has 0 radical (unpaired) electrons. The number of carbonyl (C=O) groups excluding carboxylic acids is 1. The molecule has 130 valence electrons. The molecule has 0 saturated heterocycles. The predicted molar refractivity (Wildman–Crippen MR) is 93.8 cm³/mol. The second-order valence-electron chi connectivity index (χ2n) is 7.09. The molecule has 0 unspecified atom stereocenters. The van der Waals surface area contributed by atoms with Gasteiger partial charge in [0.25, 0.3) is 0 Å². The van der Waals surface area contributed by atoms with Gasteiger partial charge in [0.1, 0.15) is 5.76 Å². The highest BCUT2D eigenvalue weighted by Gasteiger charge is 2.21. The van der Waals surface area contributed by atoms with Crippen LogP contribution in [0.15, 0.2) is 28.9 Å². The average molecular weight is 329 g/mol. The maximum absolute atomic E-state index is 11.9. The number of carbonyl (C=O) groups is 1. The number of pyridine rings is 1. The van der Waals surface area contributed by atoms with E-state index in [2.05, 4.69) is 36.1 Å². The number of oxazole rings is 1. The molecule has 1 amide bonds. The van der Waals surface area contributed by atoms with Gasteiger partial charge in [0, 0.05) is 37.2 Å².